The lowest BCUT2D eigenvalue weighted by atomic mass is 9.97. The molecule has 0 spiro atoms. The van der Waals surface area contributed by atoms with Gasteiger partial charge in [0.1, 0.15) is 4.83 Å². The van der Waals surface area contributed by atoms with Crippen LogP contribution in [0.5, 0.6) is 0 Å². The summed E-state index contributed by atoms with van der Waals surface area (Å²) in [7, 11) is -3.18. The Labute approximate surface area is 163 Å². The van der Waals surface area contributed by atoms with Crippen molar-refractivity contribution in [1.82, 2.24) is 13.9 Å². The number of thiophene rings is 1. The molecular formula is C18H26N4O3S2. The largest absolute Gasteiger partial charge is 0.339 e. The van der Waals surface area contributed by atoms with Gasteiger partial charge in [-0.25, -0.2) is 13.4 Å². The summed E-state index contributed by atoms with van der Waals surface area (Å²) in [4.78, 5) is 22.5. The number of hydrogen-bond acceptors (Lipinski definition) is 6. The highest BCUT2D eigenvalue weighted by molar-refractivity contribution is 7.88. The highest BCUT2D eigenvalue weighted by Gasteiger charge is 2.28. The molecule has 4 rings (SSSR count). The van der Waals surface area contributed by atoms with Gasteiger partial charge in [0.05, 0.1) is 11.6 Å². The molecule has 0 aromatic carbocycles. The summed E-state index contributed by atoms with van der Waals surface area (Å²) in [5, 5.41) is 0.821. The monoisotopic (exact) mass is 410 g/mol. The van der Waals surface area contributed by atoms with E-state index in [1.165, 1.54) is 27.4 Å². The molecule has 148 valence electrons. The predicted molar refractivity (Wildman–Crippen MR) is 109 cm³/mol. The van der Waals surface area contributed by atoms with E-state index in [9.17, 15) is 13.2 Å². The maximum Gasteiger partial charge on any atom is 0.263 e. The lowest BCUT2D eigenvalue weighted by Crippen LogP contribution is -2.50. The fourth-order valence-corrected chi connectivity index (χ4v) is 6.19. The summed E-state index contributed by atoms with van der Waals surface area (Å²) < 4.78 is 26.9. The van der Waals surface area contributed by atoms with Gasteiger partial charge in [-0.1, -0.05) is 6.92 Å². The van der Waals surface area contributed by atoms with Crippen LogP contribution in [0.25, 0.3) is 10.2 Å². The summed E-state index contributed by atoms with van der Waals surface area (Å²) in [6.07, 6.45) is 6.45. The van der Waals surface area contributed by atoms with Crippen LogP contribution in [0.15, 0.2) is 4.79 Å². The molecule has 7 nitrogen and oxygen atoms in total. The Hall–Kier alpha value is -1.45. The zero-order valence-electron chi connectivity index (χ0n) is 15.9. The Kier molecular flexibility index (Phi) is 5.02. The molecule has 9 heteroatoms. The van der Waals surface area contributed by atoms with E-state index in [1.54, 1.807) is 15.9 Å². The molecule has 0 saturated carbocycles. The van der Waals surface area contributed by atoms with E-state index in [-0.39, 0.29) is 5.56 Å². The van der Waals surface area contributed by atoms with Crippen molar-refractivity contribution in [3.8, 4) is 0 Å². The molecule has 1 saturated heterocycles. The van der Waals surface area contributed by atoms with Crippen molar-refractivity contribution in [1.29, 1.82) is 0 Å². The summed E-state index contributed by atoms with van der Waals surface area (Å²) in [6, 6.07) is 0. The number of aromatic nitrogens is 2. The van der Waals surface area contributed by atoms with Crippen LogP contribution in [0, 0.1) is 0 Å². The van der Waals surface area contributed by atoms with Crippen LogP contribution in [0.3, 0.4) is 0 Å². The van der Waals surface area contributed by atoms with Gasteiger partial charge in [-0.2, -0.15) is 4.31 Å². The zero-order valence-corrected chi connectivity index (χ0v) is 17.5. The average Bonchev–Trinajstić information content (AvgIpc) is 3.02. The molecule has 0 bridgehead atoms. The van der Waals surface area contributed by atoms with Crippen molar-refractivity contribution in [3.63, 3.8) is 0 Å². The number of nitrogens with zero attached hydrogens (tertiary/aromatic N) is 4. The van der Waals surface area contributed by atoms with Crippen LogP contribution >= 0.6 is 11.3 Å². The topological polar surface area (TPSA) is 75.5 Å². The third-order valence-corrected chi connectivity index (χ3v) is 7.98. The Balaban J connectivity index is 1.76. The second kappa shape index (κ2) is 7.18. The predicted octanol–water partition coefficient (Wildman–Crippen LogP) is 1.83. The van der Waals surface area contributed by atoms with Crippen molar-refractivity contribution in [2.24, 2.45) is 0 Å². The second-order valence-corrected chi connectivity index (χ2v) is 10.5. The van der Waals surface area contributed by atoms with Gasteiger partial charge < -0.3 is 4.90 Å². The van der Waals surface area contributed by atoms with E-state index in [4.69, 9.17) is 4.98 Å². The van der Waals surface area contributed by atoms with Gasteiger partial charge in [0.15, 0.2) is 0 Å². The van der Waals surface area contributed by atoms with E-state index < -0.39 is 10.0 Å². The van der Waals surface area contributed by atoms with Crippen LogP contribution in [0.1, 0.15) is 36.6 Å². The van der Waals surface area contributed by atoms with E-state index in [2.05, 4.69) is 11.8 Å². The summed E-state index contributed by atoms with van der Waals surface area (Å²) in [6.45, 7) is 4.67. The molecule has 0 atom stereocenters. The standard InChI is InChI=1S/C18H26N4O3S2/c1-3-8-22-17(23)15-13-6-4-5-7-14(13)26-16(15)19-18(22)20-9-11-21(12-10-20)27(2,24)25/h3-12H2,1-2H3. The van der Waals surface area contributed by atoms with Crippen LogP contribution in [-0.2, 0) is 29.4 Å². The third kappa shape index (κ3) is 3.40. The molecule has 0 unspecified atom stereocenters. The van der Waals surface area contributed by atoms with Crippen LogP contribution in [0.4, 0.5) is 5.95 Å². The Morgan fingerprint density at radius 3 is 2.48 bits per heavy atom. The molecule has 0 radical (unpaired) electrons. The van der Waals surface area contributed by atoms with Gasteiger partial charge in [-0.15, -0.1) is 11.3 Å². The number of anilines is 1. The number of hydrogen-bond donors (Lipinski definition) is 0. The smallest absolute Gasteiger partial charge is 0.263 e. The number of rotatable bonds is 4. The molecule has 1 aliphatic heterocycles. The molecule has 3 heterocycles. The molecule has 1 fully saturated rings. The first-order valence-corrected chi connectivity index (χ1v) is 12.3. The highest BCUT2D eigenvalue weighted by atomic mass is 32.2. The molecule has 2 aromatic rings. The maximum atomic E-state index is 13.3. The highest BCUT2D eigenvalue weighted by Crippen LogP contribution is 2.34. The van der Waals surface area contributed by atoms with Crippen molar-refractivity contribution >= 4 is 37.5 Å². The molecule has 0 amide bonds. The Morgan fingerprint density at radius 1 is 1.11 bits per heavy atom. The first-order valence-electron chi connectivity index (χ1n) is 9.65. The van der Waals surface area contributed by atoms with Crippen molar-refractivity contribution in [2.75, 3.05) is 37.3 Å². The van der Waals surface area contributed by atoms with Crippen molar-refractivity contribution < 1.29 is 8.42 Å². The van der Waals surface area contributed by atoms with Gasteiger partial charge >= 0.3 is 0 Å². The van der Waals surface area contributed by atoms with E-state index in [0.717, 1.165) is 35.9 Å². The lowest BCUT2D eigenvalue weighted by Gasteiger charge is -2.34. The minimum absolute atomic E-state index is 0.0711. The SMILES string of the molecule is CCCn1c(N2CCN(S(C)(=O)=O)CC2)nc2sc3c(c2c1=O)CCCC3. The fraction of sp³-hybridized carbons (Fsp3) is 0.667. The summed E-state index contributed by atoms with van der Waals surface area (Å²) in [5.41, 5.74) is 1.29. The number of piperazine rings is 1. The molecular weight excluding hydrogens is 384 g/mol. The normalized spacial score (nSPS) is 18.8. The molecule has 2 aliphatic rings. The Bertz CT molecular complexity index is 1020. The maximum absolute atomic E-state index is 13.3. The number of sulfonamides is 1. The van der Waals surface area contributed by atoms with Crippen LogP contribution in [0.2, 0.25) is 0 Å². The van der Waals surface area contributed by atoms with Crippen molar-refractivity contribution in [2.45, 2.75) is 45.6 Å². The van der Waals surface area contributed by atoms with E-state index in [0.29, 0.717) is 38.7 Å². The van der Waals surface area contributed by atoms with Gasteiger partial charge in [-0.3, -0.25) is 9.36 Å². The minimum atomic E-state index is -3.18. The minimum Gasteiger partial charge on any atom is -0.339 e. The van der Waals surface area contributed by atoms with Gasteiger partial charge in [0.2, 0.25) is 16.0 Å². The lowest BCUT2D eigenvalue weighted by molar-refractivity contribution is 0.383. The summed E-state index contributed by atoms with van der Waals surface area (Å²) in [5.74, 6) is 0.695. The van der Waals surface area contributed by atoms with Crippen LogP contribution in [-0.4, -0.2) is 54.7 Å². The molecule has 0 N–H and O–H groups in total. The first-order chi connectivity index (χ1) is 12.9. The zero-order chi connectivity index (χ0) is 19.2. The van der Waals surface area contributed by atoms with E-state index in [1.807, 2.05) is 0 Å². The molecule has 1 aliphatic carbocycles. The van der Waals surface area contributed by atoms with Gasteiger partial charge in [0, 0.05) is 37.6 Å². The fourth-order valence-electron chi connectivity index (χ4n) is 4.11. The van der Waals surface area contributed by atoms with Gasteiger partial charge in [0.25, 0.3) is 5.56 Å². The quantitative estimate of drug-likeness (QED) is 0.769. The molecule has 27 heavy (non-hydrogen) atoms. The molecule has 2 aromatic heterocycles. The first kappa shape index (κ1) is 18.9. The van der Waals surface area contributed by atoms with Crippen LogP contribution < -0.4 is 10.5 Å². The Morgan fingerprint density at radius 2 is 1.81 bits per heavy atom. The van der Waals surface area contributed by atoms with E-state index >= 15 is 0 Å². The van der Waals surface area contributed by atoms with Crippen molar-refractivity contribution in [3.05, 3.63) is 20.8 Å². The number of aryl methyl sites for hydroxylation is 2. The average molecular weight is 411 g/mol. The number of fused-ring (bicyclic) bond motifs is 3. The van der Waals surface area contributed by atoms with Gasteiger partial charge in [-0.05, 0) is 37.7 Å². The second-order valence-electron chi connectivity index (χ2n) is 7.41. The summed E-state index contributed by atoms with van der Waals surface area (Å²) >= 11 is 1.67. The third-order valence-electron chi connectivity index (χ3n) is 5.49.